The minimum absolute atomic E-state index is 0.0628. The molecule has 0 heterocycles. The first-order valence-electron chi connectivity index (χ1n) is 7.34. The lowest BCUT2D eigenvalue weighted by Crippen LogP contribution is -2.35. The van der Waals surface area contributed by atoms with Crippen molar-refractivity contribution in [1.82, 2.24) is 16.0 Å². The minimum Gasteiger partial charge on any atom is -0.355 e. The first kappa shape index (κ1) is 17.2. The van der Waals surface area contributed by atoms with Gasteiger partial charge in [-0.05, 0) is 19.0 Å². The average Bonchev–Trinajstić information content (AvgIpc) is 2.43. The second-order valence-corrected chi connectivity index (χ2v) is 5.07. The van der Waals surface area contributed by atoms with Crippen molar-refractivity contribution in [2.45, 2.75) is 33.2 Å². The molecule has 0 aliphatic rings. The molecule has 0 aliphatic heterocycles. The van der Waals surface area contributed by atoms with Crippen molar-refractivity contribution in [3.05, 3.63) is 35.4 Å². The van der Waals surface area contributed by atoms with Crippen LogP contribution >= 0.6 is 0 Å². The monoisotopic (exact) mass is 291 g/mol. The summed E-state index contributed by atoms with van der Waals surface area (Å²) in [7, 11) is 0. The zero-order valence-corrected chi connectivity index (χ0v) is 13.0. The predicted molar refractivity (Wildman–Crippen MR) is 83.9 cm³/mol. The molecule has 0 fully saturated rings. The van der Waals surface area contributed by atoms with Gasteiger partial charge in [-0.3, -0.25) is 9.59 Å². The van der Waals surface area contributed by atoms with Gasteiger partial charge in [-0.15, -0.1) is 0 Å². The van der Waals surface area contributed by atoms with Crippen molar-refractivity contribution < 1.29 is 9.59 Å². The summed E-state index contributed by atoms with van der Waals surface area (Å²) < 4.78 is 0. The molecule has 1 atom stereocenters. The maximum absolute atomic E-state index is 11.9. The van der Waals surface area contributed by atoms with Crippen LogP contribution in [0.4, 0.5) is 0 Å². The van der Waals surface area contributed by atoms with Crippen LogP contribution in [-0.2, 0) is 9.59 Å². The van der Waals surface area contributed by atoms with Crippen LogP contribution in [0.25, 0.3) is 0 Å². The lowest BCUT2D eigenvalue weighted by molar-refractivity contribution is -0.122. The molecule has 5 heteroatoms. The van der Waals surface area contributed by atoms with Gasteiger partial charge in [0.2, 0.25) is 11.8 Å². The van der Waals surface area contributed by atoms with Crippen molar-refractivity contribution in [2.24, 2.45) is 0 Å². The van der Waals surface area contributed by atoms with E-state index in [-0.39, 0.29) is 24.3 Å². The molecule has 0 bridgehead atoms. The first-order valence-corrected chi connectivity index (χ1v) is 7.34. The van der Waals surface area contributed by atoms with Gasteiger partial charge in [0.05, 0.1) is 12.5 Å². The Hall–Kier alpha value is -1.88. The molecule has 1 aromatic rings. The van der Waals surface area contributed by atoms with E-state index in [4.69, 9.17) is 0 Å². The zero-order chi connectivity index (χ0) is 15.7. The number of hydrogen-bond donors (Lipinski definition) is 3. The molecule has 116 valence electrons. The van der Waals surface area contributed by atoms with Crippen LogP contribution in [0.15, 0.2) is 24.3 Å². The van der Waals surface area contributed by atoms with Crippen molar-refractivity contribution in [3.8, 4) is 0 Å². The summed E-state index contributed by atoms with van der Waals surface area (Å²) in [6.45, 7) is 7.71. The van der Waals surface area contributed by atoms with E-state index in [1.54, 1.807) is 0 Å². The van der Waals surface area contributed by atoms with Gasteiger partial charge in [0.25, 0.3) is 0 Å². The van der Waals surface area contributed by atoms with E-state index in [0.29, 0.717) is 6.54 Å². The quantitative estimate of drug-likeness (QED) is 0.632. The van der Waals surface area contributed by atoms with Crippen LogP contribution in [0.3, 0.4) is 0 Å². The van der Waals surface area contributed by atoms with Gasteiger partial charge in [0.1, 0.15) is 0 Å². The summed E-state index contributed by atoms with van der Waals surface area (Å²) in [5.74, 6) is -0.201. The van der Waals surface area contributed by atoms with E-state index in [9.17, 15) is 9.59 Å². The minimum atomic E-state index is -0.290. The Bertz CT molecular complexity index is 457. The molecule has 0 saturated heterocycles. The fourth-order valence-corrected chi connectivity index (χ4v) is 2.02. The predicted octanol–water partition coefficient (Wildman–Crippen LogP) is 1.29. The van der Waals surface area contributed by atoms with Gasteiger partial charge in [-0.1, -0.05) is 36.8 Å². The largest absolute Gasteiger partial charge is 0.355 e. The number of rotatable bonds is 8. The van der Waals surface area contributed by atoms with Gasteiger partial charge in [0, 0.05) is 20.0 Å². The molecule has 5 nitrogen and oxygen atoms in total. The van der Waals surface area contributed by atoms with E-state index < -0.39 is 0 Å². The molecule has 0 aliphatic carbocycles. The van der Waals surface area contributed by atoms with Gasteiger partial charge in [-0.25, -0.2) is 0 Å². The standard InChI is InChI=1S/C16H25N3O2/c1-4-17-9-10-18-16(21)11-15(19-13(3)20)14-7-5-12(2)6-8-14/h5-8,15,17H,4,9-11H2,1-3H3,(H,18,21)(H,19,20). The summed E-state index contributed by atoms with van der Waals surface area (Å²) in [5.41, 5.74) is 2.09. The lowest BCUT2D eigenvalue weighted by Gasteiger charge is -2.18. The van der Waals surface area contributed by atoms with Crippen molar-refractivity contribution in [2.75, 3.05) is 19.6 Å². The number of carbonyl (C=O) groups is 2. The molecule has 0 saturated carbocycles. The highest BCUT2D eigenvalue weighted by Crippen LogP contribution is 2.17. The highest BCUT2D eigenvalue weighted by molar-refractivity contribution is 5.79. The number of hydrogen-bond acceptors (Lipinski definition) is 3. The number of amides is 2. The van der Waals surface area contributed by atoms with E-state index in [2.05, 4.69) is 16.0 Å². The molecule has 0 spiro atoms. The molecule has 0 aromatic heterocycles. The van der Waals surface area contributed by atoms with Gasteiger partial charge in [-0.2, -0.15) is 0 Å². The summed E-state index contributed by atoms with van der Waals surface area (Å²) in [4.78, 5) is 23.3. The maximum atomic E-state index is 11.9. The molecule has 3 N–H and O–H groups in total. The number of benzene rings is 1. The topological polar surface area (TPSA) is 70.2 Å². The summed E-state index contributed by atoms with van der Waals surface area (Å²) in [6, 6.07) is 7.56. The van der Waals surface area contributed by atoms with E-state index in [0.717, 1.165) is 24.2 Å². The van der Waals surface area contributed by atoms with Crippen LogP contribution < -0.4 is 16.0 Å². The fraction of sp³-hybridized carbons (Fsp3) is 0.500. The van der Waals surface area contributed by atoms with E-state index >= 15 is 0 Å². The van der Waals surface area contributed by atoms with Crippen LogP contribution in [-0.4, -0.2) is 31.4 Å². The molecule has 2 amide bonds. The molecule has 1 rings (SSSR count). The van der Waals surface area contributed by atoms with Gasteiger partial charge in [0.15, 0.2) is 0 Å². The molecule has 1 unspecified atom stereocenters. The highest BCUT2D eigenvalue weighted by atomic mass is 16.2. The van der Waals surface area contributed by atoms with E-state index in [1.807, 2.05) is 38.1 Å². The van der Waals surface area contributed by atoms with Crippen molar-refractivity contribution in [1.29, 1.82) is 0 Å². The Morgan fingerprint density at radius 3 is 2.38 bits per heavy atom. The third-order valence-electron chi connectivity index (χ3n) is 3.12. The number of nitrogens with one attached hydrogen (secondary N) is 3. The summed E-state index contributed by atoms with van der Waals surface area (Å²) in [6.07, 6.45) is 0.245. The highest BCUT2D eigenvalue weighted by Gasteiger charge is 2.16. The number of aryl methyl sites for hydroxylation is 1. The Balaban J connectivity index is 2.59. The summed E-state index contributed by atoms with van der Waals surface area (Å²) in [5, 5.41) is 8.82. The second kappa shape index (κ2) is 9.13. The summed E-state index contributed by atoms with van der Waals surface area (Å²) >= 11 is 0. The molecule has 21 heavy (non-hydrogen) atoms. The Morgan fingerprint density at radius 2 is 1.81 bits per heavy atom. The first-order chi connectivity index (χ1) is 10.0. The van der Waals surface area contributed by atoms with Crippen LogP contribution in [0, 0.1) is 6.92 Å². The average molecular weight is 291 g/mol. The van der Waals surface area contributed by atoms with E-state index in [1.165, 1.54) is 6.92 Å². The third kappa shape index (κ3) is 6.90. The fourth-order valence-electron chi connectivity index (χ4n) is 2.02. The lowest BCUT2D eigenvalue weighted by atomic mass is 10.0. The van der Waals surface area contributed by atoms with Gasteiger partial charge < -0.3 is 16.0 Å². The molecule has 1 aromatic carbocycles. The normalized spacial score (nSPS) is 11.8. The Morgan fingerprint density at radius 1 is 1.14 bits per heavy atom. The third-order valence-corrected chi connectivity index (χ3v) is 3.12. The van der Waals surface area contributed by atoms with Crippen LogP contribution in [0.5, 0.6) is 0 Å². The SMILES string of the molecule is CCNCCNC(=O)CC(NC(C)=O)c1ccc(C)cc1. The molecule has 0 radical (unpaired) electrons. The van der Waals surface area contributed by atoms with Crippen LogP contribution in [0.1, 0.15) is 37.4 Å². The van der Waals surface area contributed by atoms with Crippen LogP contribution in [0.2, 0.25) is 0 Å². The van der Waals surface area contributed by atoms with Gasteiger partial charge >= 0.3 is 0 Å². The second-order valence-electron chi connectivity index (χ2n) is 5.07. The smallest absolute Gasteiger partial charge is 0.222 e. The Labute approximate surface area is 126 Å². The number of likely N-dealkylation sites (N-methyl/N-ethyl adjacent to an activating group) is 1. The Kier molecular flexibility index (Phi) is 7.46. The molecular weight excluding hydrogens is 266 g/mol. The van der Waals surface area contributed by atoms with Crippen molar-refractivity contribution >= 4 is 11.8 Å². The number of carbonyl (C=O) groups excluding carboxylic acids is 2. The maximum Gasteiger partial charge on any atom is 0.222 e. The zero-order valence-electron chi connectivity index (χ0n) is 13.0. The molecular formula is C16H25N3O2. The van der Waals surface area contributed by atoms with Crippen molar-refractivity contribution in [3.63, 3.8) is 0 Å².